The number of hydrogen-bond donors (Lipinski definition) is 0. The maximum atomic E-state index is 3.44. The average Bonchev–Trinajstić information content (AvgIpc) is 3.89. The Labute approximate surface area is 423 Å². The fourth-order valence-corrected chi connectivity index (χ4v) is 13.1. The quantitative estimate of drug-likeness (QED) is 0.0872. The number of benzene rings is 2. The van der Waals surface area contributed by atoms with Gasteiger partial charge < -0.3 is 24.8 Å². The second-order valence-corrected chi connectivity index (χ2v) is 22.3. The summed E-state index contributed by atoms with van der Waals surface area (Å²) in [6.45, 7) is 31.0. The molecule has 6 rings (SSSR count). The summed E-state index contributed by atoms with van der Waals surface area (Å²) in [6, 6.07) is 27.3. The molecule has 0 saturated heterocycles. The van der Waals surface area contributed by atoms with Crippen molar-refractivity contribution < 1.29 is 77.2 Å². The van der Waals surface area contributed by atoms with Crippen molar-refractivity contribution in [1.82, 2.24) is 0 Å². The molecule has 0 spiro atoms. The van der Waals surface area contributed by atoms with Gasteiger partial charge in [0.2, 0.25) is 0 Å². The molecule has 0 aromatic heterocycles. The van der Waals surface area contributed by atoms with Gasteiger partial charge in [-0.15, -0.1) is 94.5 Å². The second-order valence-electron chi connectivity index (χ2n) is 17.3. The number of allylic oxidation sites excluding steroid dienone is 8. The van der Waals surface area contributed by atoms with Gasteiger partial charge in [0.05, 0.1) is 0 Å². The van der Waals surface area contributed by atoms with Gasteiger partial charge in [0, 0.05) is 0 Å². The summed E-state index contributed by atoms with van der Waals surface area (Å²) in [5, 5.41) is 8.96. The van der Waals surface area contributed by atoms with E-state index in [1.165, 1.54) is 131 Å². The van der Waals surface area contributed by atoms with Crippen LogP contribution in [0, 0.1) is 23.0 Å². The van der Waals surface area contributed by atoms with Crippen molar-refractivity contribution in [2.75, 3.05) is 24.6 Å². The summed E-state index contributed by atoms with van der Waals surface area (Å²) in [5.41, 5.74) is 8.79. The molecule has 60 heavy (non-hydrogen) atoms. The summed E-state index contributed by atoms with van der Waals surface area (Å²) >= 11 is 0. The largest absolute Gasteiger partial charge is 2.00 e. The first-order valence-electron chi connectivity index (χ1n) is 22.0. The van der Waals surface area contributed by atoms with E-state index in [0.29, 0.717) is 0 Å². The molecule has 2 aliphatic rings. The number of unbranched alkanes of at least 4 members (excludes halogenated alkanes) is 4. The van der Waals surface area contributed by atoms with E-state index in [1.54, 1.807) is 10.6 Å². The minimum absolute atomic E-state index is 0. The predicted molar refractivity (Wildman–Crippen MR) is 260 cm³/mol. The molecule has 2 aliphatic carbocycles. The first-order valence-corrected chi connectivity index (χ1v) is 25.4. The molecule has 0 unspecified atom stereocenters. The third kappa shape index (κ3) is 18.7. The van der Waals surface area contributed by atoms with Gasteiger partial charge in [0.15, 0.2) is 0 Å². The van der Waals surface area contributed by atoms with Gasteiger partial charge in [-0.2, -0.15) is 34.4 Å². The van der Waals surface area contributed by atoms with Crippen molar-refractivity contribution >= 4 is 48.0 Å². The van der Waals surface area contributed by atoms with Gasteiger partial charge in [0.1, 0.15) is 0 Å². The van der Waals surface area contributed by atoms with E-state index in [4.69, 9.17) is 0 Å². The fraction of sp³-hybridized carbons (Fsp3) is 0.519. The summed E-state index contributed by atoms with van der Waals surface area (Å²) in [7, 11) is 0.171. The van der Waals surface area contributed by atoms with Gasteiger partial charge in [-0.25, -0.2) is 11.1 Å². The molecule has 0 aliphatic heterocycles. The minimum atomic E-state index is 0. The maximum absolute atomic E-state index is 3.44. The molecule has 0 N–H and O–H groups in total. The van der Waals surface area contributed by atoms with Crippen LogP contribution in [0.4, 0.5) is 0 Å². The average molecular weight is 1040 g/mol. The number of rotatable bonds is 14. The molecule has 0 fully saturated rings. The van der Waals surface area contributed by atoms with Crippen LogP contribution >= 0.6 is 15.8 Å². The van der Waals surface area contributed by atoms with Crippen LogP contribution in [0.15, 0.2) is 106 Å². The molecule has 0 amide bonds. The van der Waals surface area contributed by atoms with Crippen molar-refractivity contribution in [3.8, 4) is 0 Å². The summed E-state index contributed by atoms with van der Waals surface area (Å²) in [5.74, 6) is 0. The Kier molecular flexibility index (Phi) is 31.9. The van der Waals surface area contributed by atoms with E-state index in [1.807, 2.05) is 0 Å². The Balaban J connectivity index is 0. The molecule has 0 atom stereocenters. The van der Waals surface area contributed by atoms with E-state index in [2.05, 4.69) is 182 Å². The fourth-order valence-electron chi connectivity index (χ4n) is 7.58. The minimum Gasteiger partial charge on any atom is -1.00 e. The molecule has 0 bridgehead atoms. The zero-order valence-corrected chi connectivity index (χ0v) is 48.3. The molecule has 328 valence electrons. The van der Waals surface area contributed by atoms with Crippen LogP contribution in [0.5, 0.6) is 0 Å². The molecule has 0 radical (unpaired) electrons. The number of fused-ring (bicyclic) bond motifs is 2. The standard InChI is InChI=1S/2C17H24P.2C10H15.2ClH.2Zr/c2*1-3-5-11-18(12-6-4-2)17-13-15-9-7-8-10-16(15)14-17;2*1-7-6-10(4,5)9(3)8(7)2;;;;/h2*7-10,13-14H,3-6,11-12H2,1-2H3;2*1-5H3;2*1H;;/q4*-1;;;2*+2/p-2. The van der Waals surface area contributed by atoms with E-state index in [0.717, 1.165) is 0 Å². The topological polar surface area (TPSA) is 0 Å². The Morgan fingerprint density at radius 1 is 0.483 bits per heavy atom. The normalized spacial score (nSPS) is 14.7. The third-order valence-corrected chi connectivity index (χ3v) is 17.6. The first kappa shape index (κ1) is 61.9. The molecule has 0 heterocycles. The van der Waals surface area contributed by atoms with Crippen LogP contribution in [-0.4, -0.2) is 24.6 Å². The van der Waals surface area contributed by atoms with Crippen molar-refractivity contribution in [2.24, 2.45) is 10.8 Å². The smallest absolute Gasteiger partial charge is 1.00 e. The Morgan fingerprint density at radius 2 is 0.767 bits per heavy atom. The Hall–Kier alpha value is -0.174. The zero-order valence-electron chi connectivity index (χ0n) is 40.1. The number of halogens is 2. The molecule has 4 aromatic rings. The van der Waals surface area contributed by atoms with Gasteiger partial charge in [-0.1, -0.05) is 148 Å². The van der Waals surface area contributed by atoms with Crippen LogP contribution < -0.4 is 35.4 Å². The van der Waals surface area contributed by atoms with Gasteiger partial charge in [-0.05, 0) is 50.3 Å². The van der Waals surface area contributed by atoms with Gasteiger partial charge >= 0.3 is 52.4 Å². The summed E-state index contributed by atoms with van der Waals surface area (Å²) in [6.07, 6.45) is 23.4. The van der Waals surface area contributed by atoms with E-state index in [-0.39, 0.29) is 104 Å². The van der Waals surface area contributed by atoms with Crippen LogP contribution in [0.25, 0.3) is 21.5 Å². The first-order chi connectivity index (χ1) is 26.6. The van der Waals surface area contributed by atoms with Crippen molar-refractivity contribution in [3.05, 3.63) is 118 Å². The van der Waals surface area contributed by atoms with E-state index >= 15 is 0 Å². The van der Waals surface area contributed by atoms with Crippen LogP contribution in [-0.2, 0) is 52.4 Å². The van der Waals surface area contributed by atoms with Crippen LogP contribution in [0.3, 0.4) is 0 Å². The van der Waals surface area contributed by atoms with Crippen molar-refractivity contribution in [2.45, 2.75) is 148 Å². The predicted octanol–water partition coefficient (Wildman–Crippen LogP) is 10.8. The monoisotopic (exact) mass is 1040 g/mol. The van der Waals surface area contributed by atoms with Crippen molar-refractivity contribution in [1.29, 1.82) is 0 Å². The second kappa shape index (κ2) is 30.9. The molecule has 4 aromatic carbocycles. The van der Waals surface area contributed by atoms with E-state index < -0.39 is 0 Å². The molecule has 6 heteroatoms. The molecule has 0 nitrogen and oxygen atoms in total. The molecule has 0 saturated carbocycles. The summed E-state index contributed by atoms with van der Waals surface area (Å²) in [4.78, 5) is 0. The maximum Gasteiger partial charge on any atom is 2.00 e. The SMILES string of the molecule is CC1=[C-]C(C)(C)C(C)=C1C.CC1=[C-]C(C)(C)C(C)=C1C.CCCCP(CCCC)c1cc2ccccc2[cH-]1.CCCCP(CCCC)c1cc2ccccc2[cH-]1.[Cl-].[Cl-].[Zr+2].[Zr+2]. The zero-order chi connectivity index (χ0) is 41.5. The Morgan fingerprint density at radius 3 is 0.967 bits per heavy atom. The number of hydrogen-bond acceptors (Lipinski definition) is 0. The van der Waals surface area contributed by atoms with Gasteiger partial charge in [0.25, 0.3) is 0 Å². The van der Waals surface area contributed by atoms with Gasteiger partial charge in [-0.3, -0.25) is 12.2 Å². The molecular weight excluding hydrogens is 964 g/mol. The Bertz CT molecular complexity index is 1710. The van der Waals surface area contributed by atoms with Crippen molar-refractivity contribution in [3.63, 3.8) is 0 Å². The van der Waals surface area contributed by atoms with Crippen LogP contribution in [0.1, 0.15) is 148 Å². The third-order valence-electron chi connectivity index (χ3n) is 12.2. The van der Waals surface area contributed by atoms with E-state index in [9.17, 15) is 0 Å². The summed E-state index contributed by atoms with van der Waals surface area (Å²) < 4.78 is 0. The molecular formula is C54H78Cl2P2Zr2-2. The van der Waals surface area contributed by atoms with Crippen LogP contribution in [0.2, 0.25) is 0 Å².